The third kappa shape index (κ3) is 2.87. The van der Waals surface area contributed by atoms with Crippen molar-refractivity contribution in [2.45, 2.75) is 25.3 Å². The van der Waals surface area contributed by atoms with E-state index in [1.54, 1.807) is 0 Å². The van der Waals surface area contributed by atoms with Gasteiger partial charge in [-0.1, -0.05) is 30.3 Å². The Bertz CT molecular complexity index is 518. The Hall–Kier alpha value is -1.61. The average Bonchev–Trinajstić information content (AvgIpc) is 2.86. The van der Waals surface area contributed by atoms with Crippen LogP contribution in [-0.4, -0.2) is 27.5 Å². The Morgan fingerprint density at radius 3 is 2.84 bits per heavy atom. The second-order valence-electron chi connectivity index (χ2n) is 5.48. The van der Waals surface area contributed by atoms with Gasteiger partial charge in [-0.15, -0.1) is 0 Å². The first-order valence-corrected chi connectivity index (χ1v) is 7.05. The van der Waals surface area contributed by atoms with E-state index < -0.39 is 0 Å². The molecule has 2 heterocycles. The van der Waals surface area contributed by atoms with E-state index in [4.69, 9.17) is 0 Å². The standard InChI is InChI=1S/C16H21N3/c1-18-13-17-10-16(18)12-19-9-5-8-15(11-19)14-6-3-2-4-7-14/h2-4,6-7,10,13,15H,5,8-9,11-12H2,1H3. The van der Waals surface area contributed by atoms with Gasteiger partial charge in [-0.25, -0.2) is 4.98 Å². The summed E-state index contributed by atoms with van der Waals surface area (Å²) in [5, 5.41) is 0. The molecule has 3 nitrogen and oxygen atoms in total. The number of piperidine rings is 1. The van der Waals surface area contributed by atoms with Crippen molar-refractivity contribution in [3.8, 4) is 0 Å². The zero-order chi connectivity index (χ0) is 13.1. The molecule has 1 aliphatic rings. The SMILES string of the molecule is Cn1cncc1CN1CCCC(c2ccccc2)C1. The Morgan fingerprint density at radius 2 is 2.11 bits per heavy atom. The van der Waals surface area contributed by atoms with Crippen molar-refractivity contribution < 1.29 is 0 Å². The van der Waals surface area contributed by atoms with E-state index in [1.165, 1.54) is 30.6 Å². The van der Waals surface area contributed by atoms with Crippen LogP contribution < -0.4 is 0 Å². The summed E-state index contributed by atoms with van der Waals surface area (Å²) in [6, 6.07) is 10.9. The highest BCUT2D eigenvalue weighted by Crippen LogP contribution is 2.27. The van der Waals surface area contributed by atoms with Crippen LogP contribution in [0.5, 0.6) is 0 Å². The fourth-order valence-corrected chi connectivity index (χ4v) is 2.96. The molecule has 0 aliphatic carbocycles. The van der Waals surface area contributed by atoms with E-state index in [0.717, 1.165) is 13.1 Å². The predicted octanol–water partition coefficient (Wildman–Crippen LogP) is 2.80. The lowest BCUT2D eigenvalue weighted by Gasteiger charge is -2.32. The van der Waals surface area contributed by atoms with E-state index in [0.29, 0.717) is 5.92 Å². The second kappa shape index (κ2) is 5.57. The third-order valence-electron chi connectivity index (χ3n) is 4.08. The molecule has 0 radical (unpaired) electrons. The number of nitrogens with zero attached hydrogens (tertiary/aromatic N) is 3. The molecule has 0 N–H and O–H groups in total. The van der Waals surface area contributed by atoms with Crippen LogP contribution in [0, 0.1) is 0 Å². The quantitative estimate of drug-likeness (QED) is 0.841. The maximum Gasteiger partial charge on any atom is 0.0945 e. The Morgan fingerprint density at radius 1 is 1.26 bits per heavy atom. The van der Waals surface area contributed by atoms with Gasteiger partial charge in [0.1, 0.15) is 0 Å². The predicted molar refractivity (Wildman–Crippen MR) is 76.9 cm³/mol. The number of imidazole rings is 1. The van der Waals surface area contributed by atoms with Gasteiger partial charge in [0, 0.05) is 26.3 Å². The van der Waals surface area contributed by atoms with Crippen LogP contribution in [0.2, 0.25) is 0 Å². The van der Waals surface area contributed by atoms with Crippen molar-refractivity contribution in [2.24, 2.45) is 7.05 Å². The third-order valence-corrected chi connectivity index (χ3v) is 4.08. The van der Waals surface area contributed by atoms with Crippen molar-refractivity contribution in [1.29, 1.82) is 0 Å². The first-order valence-electron chi connectivity index (χ1n) is 7.05. The minimum Gasteiger partial charge on any atom is -0.337 e. The molecule has 1 saturated heterocycles. The molecule has 2 aromatic rings. The topological polar surface area (TPSA) is 21.1 Å². The maximum absolute atomic E-state index is 4.20. The zero-order valence-electron chi connectivity index (χ0n) is 11.5. The fourth-order valence-electron chi connectivity index (χ4n) is 2.96. The molecule has 1 atom stereocenters. The summed E-state index contributed by atoms with van der Waals surface area (Å²) in [5.74, 6) is 0.683. The van der Waals surface area contributed by atoms with Crippen molar-refractivity contribution in [2.75, 3.05) is 13.1 Å². The smallest absolute Gasteiger partial charge is 0.0945 e. The van der Waals surface area contributed by atoms with Gasteiger partial charge in [0.2, 0.25) is 0 Å². The van der Waals surface area contributed by atoms with E-state index in [-0.39, 0.29) is 0 Å². The van der Waals surface area contributed by atoms with Crippen molar-refractivity contribution in [1.82, 2.24) is 14.5 Å². The van der Waals surface area contributed by atoms with E-state index in [2.05, 4.69) is 51.8 Å². The van der Waals surface area contributed by atoms with Crippen LogP contribution in [0.1, 0.15) is 30.0 Å². The molecule has 3 rings (SSSR count). The highest BCUT2D eigenvalue weighted by molar-refractivity contribution is 5.20. The second-order valence-corrected chi connectivity index (χ2v) is 5.48. The minimum absolute atomic E-state index is 0.683. The fraction of sp³-hybridized carbons (Fsp3) is 0.438. The number of rotatable bonds is 3. The van der Waals surface area contributed by atoms with Crippen molar-refractivity contribution in [3.63, 3.8) is 0 Å². The van der Waals surface area contributed by atoms with Crippen LogP contribution in [0.25, 0.3) is 0 Å². The maximum atomic E-state index is 4.20. The number of benzene rings is 1. The first-order chi connectivity index (χ1) is 9.33. The summed E-state index contributed by atoms with van der Waals surface area (Å²) in [6.45, 7) is 3.38. The summed E-state index contributed by atoms with van der Waals surface area (Å²) in [4.78, 5) is 6.75. The van der Waals surface area contributed by atoms with Gasteiger partial charge in [0.25, 0.3) is 0 Å². The molecule has 0 spiro atoms. The number of likely N-dealkylation sites (tertiary alicyclic amines) is 1. The molecule has 1 fully saturated rings. The lowest BCUT2D eigenvalue weighted by molar-refractivity contribution is 0.196. The molecule has 0 amide bonds. The van der Waals surface area contributed by atoms with Gasteiger partial charge < -0.3 is 4.57 Å². The van der Waals surface area contributed by atoms with Gasteiger partial charge in [0.15, 0.2) is 0 Å². The normalized spacial score (nSPS) is 20.6. The van der Waals surface area contributed by atoms with Gasteiger partial charge in [-0.05, 0) is 30.9 Å². The van der Waals surface area contributed by atoms with Crippen LogP contribution in [0.4, 0.5) is 0 Å². The Balaban J connectivity index is 1.67. The Labute approximate surface area is 114 Å². The number of aromatic nitrogens is 2. The molecule has 1 aromatic carbocycles. The van der Waals surface area contributed by atoms with Crippen LogP contribution in [0.3, 0.4) is 0 Å². The average molecular weight is 255 g/mol. The van der Waals surface area contributed by atoms with E-state index >= 15 is 0 Å². The zero-order valence-corrected chi connectivity index (χ0v) is 11.5. The lowest BCUT2D eigenvalue weighted by Crippen LogP contribution is -2.34. The summed E-state index contributed by atoms with van der Waals surface area (Å²) in [5.41, 5.74) is 2.78. The van der Waals surface area contributed by atoms with Gasteiger partial charge in [0.05, 0.1) is 12.0 Å². The van der Waals surface area contributed by atoms with E-state index in [9.17, 15) is 0 Å². The molecule has 1 unspecified atom stereocenters. The summed E-state index contributed by atoms with van der Waals surface area (Å²) in [7, 11) is 2.07. The molecule has 3 heteroatoms. The van der Waals surface area contributed by atoms with Crippen molar-refractivity contribution >= 4 is 0 Å². The van der Waals surface area contributed by atoms with Gasteiger partial charge in [-0.3, -0.25) is 4.90 Å². The largest absolute Gasteiger partial charge is 0.337 e. The molecule has 100 valence electrons. The molecule has 0 bridgehead atoms. The molecular weight excluding hydrogens is 234 g/mol. The van der Waals surface area contributed by atoms with Crippen LogP contribution in [-0.2, 0) is 13.6 Å². The molecule has 19 heavy (non-hydrogen) atoms. The minimum atomic E-state index is 0.683. The molecular formula is C16H21N3. The van der Waals surface area contributed by atoms with Gasteiger partial charge in [-0.2, -0.15) is 0 Å². The molecule has 0 saturated carbocycles. The highest BCUT2D eigenvalue weighted by Gasteiger charge is 2.21. The number of hydrogen-bond acceptors (Lipinski definition) is 2. The van der Waals surface area contributed by atoms with Crippen LogP contribution >= 0.6 is 0 Å². The molecule has 1 aliphatic heterocycles. The Kier molecular flexibility index (Phi) is 3.65. The van der Waals surface area contributed by atoms with Crippen LogP contribution in [0.15, 0.2) is 42.9 Å². The highest BCUT2D eigenvalue weighted by atomic mass is 15.2. The lowest BCUT2D eigenvalue weighted by atomic mass is 9.90. The first kappa shape index (κ1) is 12.4. The monoisotopic (exact) mass is 255 g/mol. The number of aryl methyl sites for hydroxylation is 1. The summed E-state index contributed by atoms with van der Waals surface area (Å²) < 4.78 is 2.12. The van der Waals surface area contributed by atoms with Gasteiger partial charge >= 0.3 is 0 Å². The molecule has 1 aromatic heterocycles. The van der Waals surface area contributed by atoms with E-state index in [1.807, 2.05) is 12.5 Å². The number of hydrogen-bond donors (Lipinski definition) is 0. The van der Waals surface area contributed by atoms with Crippen molar-refractivity contribution in [3.05, 3.63) is 54.1 Å². The summed E-state index contributed by atoms with van der Waals surface area (Å²) in [6.07, 6.45) is 6.46. The summed E-state index contributed by atoms with van der Waals surface area (Å²) >= 11 is 0.